The Morgan fingerprint density at radius 1 is 1.22 bits per heavy atom. The fourth-order valence-electron chi connectivity index (χ4n) is 1.76. The van der Waals surface area contributed by atoms with E-state index in [1.165, 1.54) is 24.9 Å². The first kappa shape index (κ1) is 5.89. The fraction of sp³-hybridized carbons (Fsp3) is 1.00. The van der Waals surface area contributed by atoms with Gasteiger partial charge in [-0.25, -0.2) is 0 Å². The zero-order valence-corrected chi connectivity index (χ0v) is 6.72. The van der Waals surface area contributed by atoms with E-state index >= 15 is 0 Å². The molecule has 2 saturated heterocycles. The lowest BCUT2D eigenvalue weighted by Crippen LogP contribution is -2.55. The average Bonchev–Trinajstić information content (AvgIpc) is 2.12. The number of hydrogen-bond donors (Lipinski definition) is 0. The molecule has 2 aliphatic rings. The zero-order chi connectivity index (χ0) is 6.32. The highest BCUT2D eigenvalue weighted by atomic mass is 28.4. The number of rotatable bonds is 0. The summed E-state index contributed by atoms with van der Waals surface area (Å²) in [6.45, 7) is 1.98. The lowest BCUT2D eigenvalue weighted by molar-refractivity contribution is -0.117. The lowest BCUT2D eigenvalue weighted by atomic mass is 10.4. The van der Waals surface area contributed by atoms with Crippen molar-refractivity contribution in [3.8, 4) is 0 Å². The average molecular weight is 144 g/mol. The van der Waals surface area contributed by atoms with Crippen LogP contribution in [0.15, 0.2) is 0 Å². The maximum atomic E-state index is 5.60. The quantitative estimate of drug-likeness (QED) is 0.481. The SMILES string of the molecule is CC1O[Si]2(CCCC2)O1. The van der Waals surface area contributed by atoms with Gasteiger partial charge in [-0.15, -0.1) is 0 Å². The van der Waals surface area contributed by atoms with Crippen molar-refractivity contribution in [1.29, 1.82) is 0 Å². The van der Waals surface area contributed by atoms with E-state index < -0.39 is 8.56 Å². The molecule has 9 heavy (non-hydrogen) atoms. The molecule has 0 aromatic rings. The minimum Gasteiger partial charge on any atom is -0.368 e. The minimum atomic E-state index is -1.44. The third kappa shape index (κ3) is 0.837. The van der Waals surface area contributed by atoms with E-state index in [1.54, 1.807) is 0 Å². The van der Waals surface area contributed by atoms with Gasteiger partial charge in [-0.3, -0.25) is 0 Å². The van der Waals surface area contributed by atoms with Crippen LogP contribution >= 0.6 is 0 Å². The van der Waals surface area contributed by atoms with Gasteiger partial charge in [0, 0.05) is 0 Å². The normalized spacial score (nSPS) is 33.0. The van der Waals surface area contributed by atoms with Crippen molar-refractivity contribution in [3.63, 3.8) is 0 Å². The van der Waals surface area contributed by atoms with Gasteiger partial charge >= 0.3 is 8.56 Å². The molecule has 52 valence electrons. The summed E-state index contributed by atoms with van der Waals surface area (Å²) in [6, 6.07) is 2.49. The molecule has 0 aromatic heterocycles. The van der Waals surface area contributed by atoms with Crippen LogP contribution in [0.25, 0.3) is 0 Å². The Balaban J connectivity index is 1.95. The highest BCUT2D eigenvalue weighted by molar-refractivity contribution is 6.69. The lowest BCUT2D eigenvalue weighted by Gasteiger charge is -2.41. The molecular formula is C6H12O2Si. The summed E-state index contributed by atoms with van der Waals surface area (Å²) in [5.41, 5.74) is 0. The Morgan fingerprint density at radius 3 is 2.22 bits per heavy atom. The van der Waals surface area contributed by atoms with Crippen LogP contribution in [-0.2, 0) is 8.85 Å². The van der Waals surface area contributed by atoms with Crippen LogP contribution in [0.1, 0.15) is 19.8 Å². The Kier molecular flexibility index (Phi) is 1.18. The first-order chi connectivity index (χ1) is 4.31. The molecule has 0 amide bonds. The van der Waals surface area contributed by atoms with Gasteiger partial charge in [0.15, 0.2) is 0 Å². The molecule has 0 saturated carbocycles. The molecule has 0 bridgehead atoms. The highest BCUT2D eigenvalue weighted by Crippen LogP contribution is 2.39. The monoisotopic (exact) mass is 144 g/mol. The Morgan fingerprint density at radius 2 is 1.78 bits per heavy atom. The van der Waals surface area contributed by atoms with Crippen LogP contribution in [0, 0.1) is 0 Å². The summed E-state index contributed by atoms with van der Waals surface area (Å²) in [4.78, 5) is 0. The molecule has 2 fully saturated rings. The molecule has 0 N–H and O–H groups in total. The molecule has 1 spiro atoms. The first-order valence-corrected chi connectivity index (χ1v) is 5.89. The second-order valence-corrected chi connectivity index (χ2v) is 6.21. The zero-order valence-electron chi connectivity index (χ0n) is 5.72. The van der Waals surface area contributed by atoms with Crippen molar-refractivity contribution >= 4 is 8.56 Å². The van der Waals surface area contributed by atoms with Gasteiger partial charge in [-0.1, -0.05) is 12.8 Å². The van der Waals surface area contributed by atoms with Gasteiger partial charge in [0.25, 0.3) is 0 Å². The van der Waals surface area contributed by atoms with Crippen molar-refractivity contribution in [2.45, 2.75) is 38.1 Å². The molecule has 0 radical (unpaired) electrons. The van der Waals surface area contributed by atoms with E-state index in [9.17, 15) is 0 Å². The van der Waals surface area contributed by atoms with Crippen molar-refractivity contribution in [2.75, 3.05) is 0 Å². The predicted octanol–water partition coefficient (Wildman–Crippen LogP) is 1.62. The van der Waals surface area contributed by atoms with Gasteiger partial charge in [0.1, 0.15) is 6.29 Å². The van der Waals surface area contributed by atoms with Crippen LogP contribution in [0.4, 0.5) is 0 Å². The van der Waals surface area contributed by atoms with Crippen LogP contribution < -0.4 is 0 Å². The van der Waals surface area contributed by atoms with Gasteiger partial charge in [-0.05, 0) is 19.0 Å². The summed E-state index contributed by atoms with van der Waals surface area (Å²) >= 11 is 0. The summed E-state index contributed by atoms with van der Waals surface area (Å²) < 4.78 is 11.2. The van der Waals surface area contributed by atoms with E-state index in [-0.39, 0.29) is 6.29 Å². The van der Waals surface area contributed by atoms with Crippen LogP contribution in [0.3, 0.4) is 0 Å². The Labute approximate surface area is 56.4 Å². The van der Waals surface area contributed by atoms with E-state index in [0.29, 0.717) is 0 Å². The van der Waals surface area contributed by atoms with Crippen molar-refractivity contribution in [1.82, 2.24) is 0 Å². The van der Waals surface area contributed by atoms with Gasteiger partial charge in [0.2, 0.25) is 0 Å². The van der Waals surface area contributed by atoms with Gasteiger partial charge < -0.3 is 8.85 Å². The van der Waals surface area contributed by atoms with Crippen molar-refractivity contribution < 1.29 is 8.85 Å². The van der Waals surface area contributed by atoms with E-state index in [2.05, 4.69) is 0 Å². The van der Waals surface area contributed by atoms with Gasteiger partial charge in [-0.2, -0.15) is 0 Å². The molecular weight excluding hydrogens is 132 g/mol. The summed E-state index contributed by atoms with van der Waals surface area (Å²) in [5, 5.41) is 0. The molecule has 2 aliphatic heterocycles. The second kappa shape index (κ2) is 1.81. The topological polar surface area (TPSA) is 18.5 Å². The molecule has 0 aliphatic carbocycles. The van der Waals surface area contributed by atoms with Crippen molar-refractivity contribution in [3.05, 3.63) is 0 Å². The molecule has 0 atom stereocenters. The number of hydrogen-bond acceptors (Lipinski definition) is 2. The van der Waals surface area contributed by atoms with Crippen LogP contribution in [0.2, 0.25) is 12.1 Å². The third-order valence-electron chi connectivity index (χ3n) is 2.13. The second-order valence-electron chi connectivity index (χ2n) is 2.92. The molecule has 0 aromatic carbocycles. The Bertz CT molecular complexity index is 112. The van der Waals surface area contributed by atoms with Gasteiger partial charge in [0.05, 0.1) is 0 Å². The molecule has 2 heterocycles. The maximum Gasteiger partial charge on any atom is 0.341 e. The fourth-order valence-corrected chi connectivity index (χ4v) is 5.29. The molecule has 0 unspecified atom stereocenters. The van der Waals surface area contributed by atoms with Crippen LogP contribution in [-0.4, -0.2) is 14.9 Å². The highest BCUT2D eigenvalue weighted by Gasteiger charge is 2.50. The summed E-state index contributed by atoms with van der Waals surface area (Å²) in [7, 11) is -1.44. The maximum absolute atomic E-state index is 5.60. The third-order valence-corrected chi connectivity index (χ3v) is 5.88. The minimum absolute atomic E-state index is 0.120. The van der Waals surface area contributed by atoms with Crippen molar-refractivity contribution in [2.24, 2.45) is 0 Å². The smallest absolute Gasteiger partial charge is 0.341 e. The van der Waals surface area contributed by atoms with E-state index in [0.717, 1.165) is 0 Å². The van der Waals surface area contributed by atoms with E-state index in [4.69, 9.17) is 8.85 Å². The largest absolute Gasteiger partial charge is 0.368 e. The molecule has 2 rings (SSSR count). The molecule has 3 heteroatoms. The first-order valence-electron chi connectivity index (χ1n) is 3.66. The Hall–Kier alpha value is 0.137. The summed E-state index contributed by atoms with van der Waals surface area (Å²) in [6.07, 6.45) is 2.78. The standard InChI is InChI=1S/C6H12O2Si/c1-6-7-9(8-6)4-2-3-5-9/h6H,2-5H2,1H3. The molecule has 2 nitrogen and oxygen atoms in total. The van der Waals surface area contributed by atoms with E-state index in [1.807, 2.05) is 6.92 Å². The predicted molar refractivity (Wildman–Crippen MR) is 36.2 cm³/mol. The van der Waals surface area contributed by atoms with Crippen LogP contribution in [0.5, 0.6) is 0 Å². The summed E-state index contributed by atoms with van der Waals surface area (Å²) in [5.74, 6) is 0.